The van der Waals surface area contributed by atoms with Crippen LogP contribution in [0.15, 0.2) is 59.7 Å². The first-order valence-electron chi connectivity index (χ1n) is 10.8. The fourth-order valence-electron chi connectivity index (χ4n) is 3.73. The average Bonchev–Trinajstić information content (AvgIpc) is 2.74. The lowest BCUT2D eigenvalue weighted by molar-refractivity contribution is -0.113. The lowest BCUT2D eigenvalue weighted by atomic mass is 9.93. The van der Waals surface area contributed by atoms with E-state index in [0.717, 1.165) is 46.7 Å². The molecule has 0 bridgehead atoms. The molecule has 0 spiro atoms. The maximum atomic E-state index is 13.4. The summed E-state index contributed by atoms with van der Waals surface area (Å²) in [6.45, 7) is 9.53. The summed E-state index contributed by atoms with van der Waals surface area (Å²) in [5.41, 5.74) is 3.47. The fraction of sp³-hybridized carbons (Fsp3) is 0.346. The molecule has 0 unspecified atom stereocenters. The van der Waals surface area contributed by atoms with Crippen molar-refractivity contribution in [3.8, 4) is 11.5 Å². The Morgan fingerprint density at radius 3 is 1.70 bits per heavy atom. The van der Waals surface area contributed by atoms with Crippen molar-refractivity contribution in [3.63, 3.8) is 0 Å². The summed E-state index contributed by atoms with van der Waals surface area (Å²) in [7, 11) is 0. The van der Waals surface area contributed by atoms with E-state index in [0.29, 0.717) is 26.3 Å². The third-order valence-electron chi connectivity index (χ3n) is 5.01. The van der Waals surface area contributed by atoms with Crippen molar-refractivity contribution in [1.29, 1.82) is 0 Å². The van der Waals surface area contributed by atoms with Gasteiger partial charge in [0, 0.05) is 35.4 Å². The lowest BCUT2D eigenvalue weighted by Crippen LogP contribution is -2.38. The van der Waals surface area contributed by atoms with Crippen LogP contribution in [0, 0.1) is 0 Å². The van der Waals surface area contributed by atoms with Crippen molar-refractivity contribution < 1.29 is 14.3 Å². The Balaban J connectivity index is 1.99. The number of ketones is 1. The van der Waals surface area contributed by atoms with Gasteiger partial charge in [0.15, 0.2) is 5.78 Å². The molecule has 0 aliphatic carbocycles. The number of carbonyl (C=O) groups is 1. The molecule has 2 aromatic rings. The number of para-hydroxylation sites is 2. The van der Waals surface area contributed by atoms with Crippen molar-refractivity contribution in [3.05, 3.63) is 70.8 Å². The minimum absolute atomic E-state index is 0.0972. The van der Waals surface area contributed by atoms with Crippen molar-refractivity contribution in [2.45, 2.75) is 27.2 Å². The number of ether oxygens (including phenoxy) is 2. The normalized spacial score (nSPS) is 17.5. The van der Waals surface area contributed by atoms with Crippen LogP contribution in [-0.4, -0.2) is 43.5 Å². The minimum Gasteiger partial charge on any atom is -0.493 e. The highest BCUT2D eigenvalue weighted by Crippen LogP contribution is 2.28. The molecule has 4 nitrogen and oxygen atoms in total. The molecular formula is C26H31NO3. The summed E-state index contributed by atoms with van der Waals surface area (Å²) in [6.07, 6.45) is 5.01. The van der Waals surface area contributed by atoms with Crippen LogP contribution in [0.4, 0.5) is 0 Å². The van der Waals surface area contributed by atoms with Gasteiger partial charge in [0.05, 0.1) is 13.2 Å². The van der Waals surface area contributed by atoms with Crippen molar-refractivity contribution in [2.75, 3.05) is 32.8 Å². The molecule has 0 saturated carbocycles. The molecule has 0 atom stereocenters. The molecule has 0 amide bonds. The van der Waals surface area contributed by atoms with Crippen LogP contribution in [0.5, 0.6) is 11.5 Å². The van der Waals surface area contributed by atoms with Gasteiger partial charge in [-0.3, -0.25) is 9.69 Å². The van der Waals surface area contributed by atoms with Gasteiger partial charge in [-0.15, -0.1) is 0 Å². The van der Waals surface area contributed by atoms with Crippen LogP contribution < -0.4 is 9.47 Å². The summed E-state index contributed by atoms with van der Waals surface area (Å²) in [4.78, 5) is 15.7. The first-order chi connectivity index (χ1) is 14.7. The third kappa shape index (κ3) is 5.39. The van der Waals surface area contributed by atoms with Crippen LogP contribution in [0.3, 0.4) is 0 Å². The monoisotopic (exact) mass is 405 g/mol. The Labute approximate surface area is 179 Å². The van der Waals surface area contributed by atoms with E-state index < -0.39 is 0 Å². The Morgan fingerprint density at radius 1 is 0.800 bits per heavy atom. The molecule has 0 N–H and O–H groups in total. The Hall–Kier alpha value is -2.85. The zero-order chi connectivity index (χ0) is 21.3. The van der Waals surface area contributed by atoms with E-state index in [1.54, 1.807) is 0 Å². The van der Waals surface area contributed by atoms with Crippen molar-refractivity contribution in [2.24, 2.45) is 0 Å². The second kappa shape index (κ2) is 10.8. The second-order valence-electron chi connectivity index (χ2n) is 7.32. The van der Waals surface area contributed by atoms with Gasteiger partial charge in [0.25, 0.3) is 0 Å². The number of benzene rings is 2. The Bertz CT molecular complexity index is 858. The zero-order valence-corrected chi connectivity index (χ0v) is 18.2. The van der Waals surface area contributed by atoms with E-state index in [4.69, 9.17) is 9.47 Å². The van der Waals surface area contributed by atoms with Gasteiger partial charge in [-0.2, -0.15) is 0 Å². The summed E-state index contributed by atoms with van der Waals surface area (Å²) in [6, 6.07) is 15.7. The Morgan fingerprint density at radius 2 is 1.27 bits per heavy atom. The van der Waals surface area contributed by atoms with Crippen LogP contribution in [0.1, 0.15) is 38.3 Å². The number of piperidine rings is 1. The minimum atomic E-state index is 0.0972. The molecule has 1 saturated heterocycles. The SMILES string of the molecule is CCCN1C/C(=C\c2ccccc2OCC)C(=O)/C(=C/c2ccccc2OCC)C1. The van der Waals surface area contributed by atoms with Gasteiger partial charge in [-0.1, -0.05) is 43.3 Å². The topological polar surface area (TPSA) is 38.8 Å². The number of likely N-dealkylation sites (tertiary alicyclic amines) is 1. The molecule has 1 aliphatic rings. The highest BCUT2D eigenvalue weighted by atomic mass is 16.5. The molecule has 158 valence electrons. The van der Waals surface area contributed by atoms with E-state index in [1.807, 2.05) is 74.5 Å². The number of rotatable bonds is 8. The van der Waals surface area contributed by atoms with E-state index in [2.05, 4.69) is 11.8 Å². The molecule has 0 radical (unpaired) electrons. The van der Waals surface area contributed by atoms with E-state index in [1.165, 1.54) is 0 Å². The summed E-state index contributed by atoms with van der Waals surface area (Å²) < 4.78 is 11.5. The van der Waals surface area contributed by atoms with Gasteiger partial charge in [-0.25, -0.2) is 0 Å². The largest absolute Gasteiger partial charge is 0.493 e. The smallest absolute Gasteiger partial charge is 0.187 e. The maximum Gasteiger partial charge on any atom is 0.187 e. The van der Waals surface area contributed by atoms with Crippen molar-refractivity contribution in [1.82, 2.24) is 4.90 Å². The molecule has 1 fully saturated rings. The molecule has 1 heterocycles. The third-order valence-corrected chi connectivity index (χ3v) is 5.01. The predicted molar refractivity (Wildman–Crippen MR) is 123 cm³/mol. The zero-order valence-electron chi connectivity index (χ0n) is 18.2. The number of Topliss-reactive ketones (excluding diaryl/α,β-unsaturated/α-hetero) is 1. The van der Waals surface area contributed by atoms with Crippen LogP contribution in [0.25, 0.3) is 12.2 Å². The van der Waals surface area contributed by atoms with Crippen LogP contribution in [0.2, 0.25) is 0 Å². The molecule has 1 aliphatic heterocycles. The van der Waals surface area contributed by atoms with E-state index in [-0.39, 0.29) is 5.78 Å². The highest BCUT2D eigenvalue weighted by molar-refractivity contribution is 6.14. The highest BCUT2D eigenvalue weighted by Gasteiger charge is 2.26. The van der Waals surface area contributed by atoms with Crippen LogP contribution >= 0.6 is 0 Å². The number of hydrogen-bond acceptors (Lipinski definition) is 4. The average molecular weight is 406 g/mol. The van der Waals surface area contributed by atoms with Gasteiger partial charge in [-0.05, 0) is 51.1 Å². The molecular weight excluding hydrogens is 374 g/mol. The molecule has 30 heavy (non-hydrogen) atoms. The quantitative estimate of drug-likeness (QED) is 0.563. The summed E-state index contributed by atoms with van der Waals surface area (Å²) >= 11 is 0. The van der Waals surface area contributed by atoms with Gasteiger partial charge in [0.1, 0.15) is 11.5 Å². The van der Waals surface area contributed by atoms with Gasteiger partial charge in [0.2, 0.25) is 0 Å². The summed E-state index contributed by atoms with van der Waals surface area (Å²) in [5, 5.41) is 0. The fourth-order valence-corrected chi connectivity index (χ4v) is 3.73. The first-order valence-corrected chi connectivity index (χ1v) is 10.8. The molecule has 0 aromatic heterocycles. The van der Waals surface area contributed by atoms with Gasteiger partial charge >= 0.3 is 0 Å². The Kier molecular flexibility index (Phi) is 7.86. The first kappa shape index (κ1) is 21.8. The second-order valence-corrected chi connectivity index (χ2v) is 7.32. The number of nitrogens with zero attached hydrogens (tertiary/aromatic N) is 1. The van der Waals surface area contributed by atoms with Gasteiger partial charge < -0.3 is 9.47 Å². The molecule has 3 rings (SSSR count). The van der Waals surface area contributed by atoms with E-state index in [9.17, 15) is 4.79 Å². The van der Waals surface area contributed by atoms with Crippen LogP contribution in [-0.2, 0) is 4.79 Å². The molecule has 2 aromatic carbocycles. The van der Waals surface area contributed by atoms with Crippen molar-refractivity contribution >= 4 is 17.9 Å². The molecule has 4 heteroatoms. The van der Waals surface area contributed by atoms with E-state index >= 15 is 0 Å². The number of carbonyl (C=O) groups excluding carboxylic acids is 1. The standard InChI is InChI=1S/C26H31NO3/c1-4-15-27-18-22(16-20-11-7-9-13-24(20)29-5-2)26(28)23(19-27)17-21-12-8-10-14-25(21)30-6-3/h7-14,16-17H,4-6,15,18-19H2,1-3H3/b22-16+,23-17+. The maximum absolute atomic E-state index is 13.4. The number of hydrogen-bond donors (Lipinski definition) is 0. The summed E-state index contributed by atoms with van der Waals surface area (Å²) in [5.74, 6) is 1.71. The lowest BCUT2D eigenvalue weighted by Gasteiger charge is -2.29. The predicted octanol–water partition coefficient (Wildman–Crippen LogP) is 5.25.